The fourth-order valence-corrected chi connectivity index (χ4v) is 2.74. The van der Waals surface area contributed by atoms with Crippen LogP contribution < -0.4 is 5.32 Å². The predicted octanol–water partition coefficient (Wildman–Crippen LogP) is 1.81. The molecule has 0 N–H and O–H groups in total. The summed E-state index contributed by atoms with van der Waals surface area (Å²) in [5, 5.41) is 4.44. The molecule has 1 fully saturated rings. The smallest absolute Gasteiger partial charge is 0.0148 e. The fourth-order valence-electron chi connectivity index (χ4n) is 2.74. The van der Waals surface area contributed by atoms with Crippen molar-refractivity contribution < 1.29 is 0 Å². The zero-order valence-electron chi connectivity index (χ0n) is 12.0. The standard InChI is InChI=1S/C14H30N3/c1-4-16(5-2)12-7-13-17(6-3)14-8-10-15-11-9-14/h14H,4-13H2,1-3H3. The average Bonchev–Trinajstić information content (AvgIpc) is 2.40. The van der Waals surface area contributed by atoms with E-state index in [2.05, 4.69) is 35.9 Å². The quantitative estimate of drug-likeness (QED) is 0.645. The van der Waals surface area contributed by atoms with Crippen LogP contribution in [0.3, 0.4) is 0 Å². The van der Waals surface area contributed by atoms with Crippen molar-refractivity contribution in [1.82, 2.24) is 15.1 Å². The topological polar surface area (TPSA) is 20.6 Å². The van der Waals surface area contributed by atoms with Gasteiger partial charge in [-0.2, -0.15) is 0 Å². The summed E-state index contributed by atoms with van der Waals surface area (Å²) >= 11 is 0. The first-order valence-corrected chi connectivity index (χ1v) is 7.41. The van der Waals surface area contributed by atoms with E-state index in [0.717, 1.165) is 19.1 Å². The van der Waals surface area contributed by atoms with Gasteiger partial charge in [0.1, 0.15) is 0 Å². The van der Waals surface area contributed by atoms with Crippen molar-refractivity contribution in [3.63, 3.8) is 0 Å². The lowest BCUT2D eigenvalue weighted by atomic mass is 10.0. The molecule has 0 unspecified atom stereocenters. The van der Waals surface area contributed by atoms with Gasteiger partial charge >= 0.3 is 0 Å². The highest BCUT2D eigenvalue weighted by molar-refractivity contribution is 4.77. The summed E-state index contributed by atoms with van der Waals surface area (Å²) in [6, 6.07) is 0.800. The van der Waals surface area contributed by atoms with Gasteiger partial charge in [-0.25, -0.2) is 5.32 Å². The van der Waals surface area contributed by atoms with Gasteiger partial charge in [-0.15, -0.1) is 0 Å². The van der Waals surface area contributed by atoms with Crippen LogP contribution in [0.5, 0.6) is 0 Å². The van der Waals surface area contributed by atoms with Crippen molar-refractivity contribution >= 4 is 0 Å². The minimum Gasteiger partial charge on any atom is -0.304 e. The fraction of sp³-hybridized carbons (Fsp3) is 1.00. The monoisotopic (exact) mass is 240 g/mol. The Morgan fingerprint density at radius 1 is 0.941 bits per heavy atom. The van der Waals surface area contributed by atoms with E-state index >= 15 is 0 Å². The molecule has 101 valence electrons. The Bertz CT molecular complexity index is 174. The Labute approximate surface area is 108 Å². The van der Waals surface area contributed by atoms with E-state index < -0.39 is 0 Å². The van der Waals surface area contributed by atoms with Crippen LogP contribution >= 0.6 is 0 Å². The first-order valence-electron chi connectivity index (χ1n) is 7.41. The molecule has 0 atom stereocenters. The second-order valence-electron chi connectivity index (χ2n) is 4.91. The van der Waals surface area contributed by atoms with E-state index in [9.17, 15) is 0 Å². The van der Waals surface area contributed by atoms with Gasteiger partial charge in [0.15, 0.2) is 0 Å². The lowest BCUT2D eigenvalue weighted by Crippen LogP contribution is -2.42. The molecular formula is C14H30N3. The first-order chi connectivity index (χ1) is 8.31. The number of nitrogens with zero attached hydrogens (tertiary/aromatic N) is 3. The van der Waals surface area contributed by atoms with Crippen LogP contribution in [0.25, 0.3) is 0 Å². The van der Waals surface area contributed by atoms with Crippen LogP contribution in [0.4, 0.5) is 0 Å². The van der Waals surface area contributed by atoms with Gasteiger partial charge in [-0.05, 0) is 52.0 Å². The highest BCUT2D eigenvalue weighted by Gasteiger charge is 2.19. The summed E-state index contributed by atoms with van der Waals surface area (Å²) in [5.41, 5.74) is 0. The van der Waals surface area contributed by atoms with Gasteiger partial charge in [0.05, 0.1) is 0 Å². The van der Waals surface area contributed by atoms with Crippen molar-refractivity contribution in [3.8, 4) is 0 Å². The maximum atomic E-state index is 4.44. The Morgan fingerprint density at radius 2 is 1.59 bits per heavy atom. The Hall–Kier alpha value is -0.120. The van der Waals surface area contributed by atoms with Gasteiger partial charge in [-0.3, -0.25) is 0 Å². The summed E-state index contributed by atoms with van der Waals surface area (Å²) in [6.07, 6.45) is 3.86. The van der Waals surface area contributed by atoms with Gasteiger partial charge in [0, 0.05) is 19.1 Å². The number of hydrogen-bond donors (Lipinski definition) is 0. The van der Waals surface area contributed by atoms with Crippen molar-refractivity contribution in [3.05, 3.63) is 0 Å². The van der Waals surface area contributed by atoms with Crippen molar-refractivity contribution in [2.75, 3.05) is 45.8 Å². The zero-order chi connectivity index (χ0) is 12.5. The molecule has 1 aliphatic rings. The summed E-state index contributed by atoms with van der Waals surface area (Å²) in [4.78, 5) is 5.18. The normalized spacial score (nSPS) is 18.2. The maximum Gasteiger partial charge on any atom is 0.0148 e. The van der Waals surface area contributed by atoms with Crippen LogP contribution in [0.2, 0.25) is 0 Å². The van der Waals surface area contributed by atoms with Crippen LogP contribution in [0, 0.1) is 0 Å². The SMILES string of the molecule is CCN(CC)CCCN(CC)C1CC[N]CC1. The van der Waals surface area contributed by atoms with Gasteiger partial charge in [0.2, 0.25) is 0 Å². The lowest BCUT2D eigenvalue weighted by Gasteiger charge is -2.33. The molecule has 3 heteroatoms. The molecule has 0 saturated carbocycles. The maximum absolute atomic E-state index is 4.44. The molecule has 0 aliphatic carbocycles. The molecule has 17 heavy (non-hydrogen) atoms. The largest absolute Gasteiger partial charge is 0.304 e. The summed E-state index contributed by atoms with van der Waals surface area (Å²) in [6.45, 7) is 15.0. The summed E-state index contributed by atoms with van der Waals surface area (Å²) in [7, 11) is 0. The molecular weight excluding hydrogens is 210 g/mol. The lowest BCUT2D eigenvalue weighted by molar-refractivity contribution is 0.158. The van der Waals surface area contributed by atoms with Crippen LogP contribution in [-0.4, -0.2) is 61.7 Å². The Balaban J connectivity index is 2.21. The molecule has 1 radical (unpaired) electrons. The second kappa shape index (κ2) is 8.90. The third kappa shape index (κ3) is 5.36. The van der Waals surface area contributed by atoms with E-state index in [1.54, 1.807) is 0 Å². The number of hydrogen-bond acceptors (Lipinski definition) is 2. The summed E-state index contributed by atoms with van der Waals surface area (Å²) in [5.74, 6) is 0. The van der Waals surface area contributed by atoms with Crippen LogP contribution in [-0.2, 0) is 0 Å². The Morgan fingerprint density at radius 3 is 2.12 bits per heavy atom. The highest BCUT2D eigenvalue weighted by Crippen LogP contribution is 2.12. The molecule has 0 aromatic rings. The summed E-state index contributed by atoms with van der Waals surface area (Å²) < 4.78 is 0. The molecule has 1 saturated heterocycles. The van der Waals surface area contributed by atoms with Crippen molar-refractivity contribution in [2.24, 2.45) is 0 Å². The molecule has 1 rings (SSSR count). The molecule has 1 aliphatic heterocycles. The van der Waals surface area contributed by atoms with Gasteiger partial charge < -0.3 is 9.80 Å². The number of rotatable bonds is 8. The molecule has 0 aromatic carbocycles. The highest BCUT2D eigenvalue weighted by atomic mass is 15.2. The molecule has 3 nitrogen and oxygen atoms in total. The van der Waals surface area contributed by atoms with E-state index in [1.807, 2.05) is 0 Å². The second-order valence-corrected chi connectivity index (χ2v) is 4.91. The molecule has 0 amide bonds. The Kier molecular flexibility index (Phi) is 7.82. The minimum absolute atomic E-state index is 0.800. The molecule has 1 heterocycles. The van der Waals surface area contributed by atoms with Gasteiger partial charge in [0.25, 0.3) is 0 Å². The predicted molar refractivity (Wildman–Crippen MR) is 74.5 cm³/mol. The third-order valence-electron chi connectivity index (χ3n) is 3.98. The van der Waals surface area contributed by atoms with E-state index in [1.165, 1.54) is 52.0 Å². The van der Waals surface area contributed by atoms with E-state index in [4.69, 9.17) is 0 Å². The van der Waals surface area contributed by atoms with Gasteiger partial charge in [-0.1, -0.05) is 20.8 Å². The van der Waals surface area contributed by atoms with E-state index in [-0.39, 0.29) is 0 Å². The first kappa shape index (κ1) is 14.9. The molecule has 0 spiro atoms. The average molecular weight is 240 g/mol. The number of piperidine rings is 1. The van der Waals surface area contributed by atoms with Crippen molar-refractivity contribution in [2.45, 2.75) is 46.1 Å². The van der Waals surface area contributed by atoms with Crippen molar-refractivity contribution in [1.29, 1.82) is 0 Å². The third-order valence-corrected chi connectivity index (χ3v) is 3.98. The zero-order valence-corrected chi connectivity index (χ0v) is 12.0. The van der Waals surface area contributed by atoms with Crippen LogP contribution in [0.1, 0.15) is 40.0 Å². The van der Waals surface area contributed by atoms with E-state index in [0.29, 0.717) is 0 Å². The minimum atomic E-state index is 0.800. The van der Waals surface area contributed by atoms with Crippen LogP contribution in [0.15, 0.2) is 0 Å². The molecule has 0 aromatic heterocycles. The molecule has 0 bridgehead atoms.